The van der Waals surface area contributed by atoms with Crippen molar-refractivity contribution >= 4 is 32.8 Å². The molecule has 0 N–H and O–H groups in total. The Morgan fingerprint density at radius 1 is 1.05 bits per heavy atom. The normalized spacial score (nSPS) is 14.9. The number of fused-ring (bicyclic) bond motifs is 1. The molecule has 0 radical (unpaired) electrons. The van der Waals surface area contributed by atoms with Gasteiger partial charge in [0.25, 0.3) is 11.6 Å². The van der Waals surface area contributed by atoms with E-state index in [2.05, 4.69) is 15.0 Å². The number of nitrogens with zero attached hydrogens (tertiary/aromatic N) is 6. The van der Waals surface area contributed by atoms with Gasteiger partial charge in [-0.05, 0) is 32.9 Å². The minimum atomic E-state index is -3.90. The predicted octanol–water partition coefficient (Wildman–Crippen LogP) is 3.22. The van der Waals surface area contributed by atoms with Crippen LogP contribution in [0.15, 0.2) is 29.4 Å². The van der Waals surface area contributed by atoms with Gasteiger partial charge in [0.15, 0.2) is 5.82 Å². The van der Waals surface area contributed by atoms with Gasteiger partial charge in [-0.1, -0.05) is 6.07 Å². The summed E-state index contributed by atoms with van der Waals surface area (Å²) in [7, 11) is -2.50. The zero-order chi connectivity index (χ0) is 27.1. The Hall–Kier alpha value is -3.55. The number of amides is 1. The number of aromatic nitrogens is 4. The Bertz CT molecular complexity index is 1430. The molecule has 14 heteroatoms. The zero-order valence-corrected chi connectivity index (χ0v) is 21.9. The quantitative estimate of drug-likeness (QED) is 0.451. The van der Waals surface area contributed by atoms with Crippen molar-refractivity contribution in [2.24, 2.45) is 0 Å². The topological polar surface area (TPSA) is 120 Å². The highest BCUT2D eigenvalue weighted by molar-refractivity contribution is 7.90. The lowest BCUT2D eigenvalue weighted by Gasteiger charge is -2.36. The zero-order valence-electron chi connectivity index (χ0n) is 21.1. The molecule has 0 atom stereocenters. The van der Waals surface area contributed by atoms with Gasteiger partial charge in [-0.25, -0.2) is 36.9 Å². The third-order valence-corrected chi connectivity index (χ3v) is 6.43. The molecule has 1 aliphatic heterocycles. The van der Waals surface area contributed by atoms with E-state index in [1.165, 1.54) is 13.2 Å². The molecule has 0 unspecified atom stereocenters. The molecule has 1 saturated heterocycles. The van der Waals surface area contributed by atoms with Gasteiger partial charge in [-0.2, -0.15) is 0 Å². The summed E-state index contributed by atoms with van der Waals surface area (Å²) in [5.74, 6) is -0.183. The number of alkyl halides is 2. The lowest BCUT2D eigenvalue weighted by Crippen LogP contribution is -2.50. The van der Waals surface area contributed by atoms with Crippen molar-refractivity contribution in [3.05, 3.63) is 30.1 Å². The van der Waals surface area contributed by atoms with E-state index in [1.807, 2.05) is 0 Å². The van der Waals surface area contributed by atoms with E-state index in [4.69, 9.17) is 9.47 Å². The largest absolute Gasteiger partial charge is 0.494 e. The van der Waals surface area contributed by atoms with Crippen LogP contribution in [-0.4, -0.2) is 84.1 Å². The average Bonchev–Trinajstić information content (AvgIpc) is 3.22. The number of carbonyl (C=O) groups is 1. The standard InChI is InChI=1S/C23H28F2N6O5S/c1-23(2,3)36-22(32)30-11-9-29(10-12-30)16-13-17(27-21(26-16)37(5,33)34)31-14-7-6-8-15(35-4)18(14)28-20(31)19(24)25/h6-8,13,19H,9-12H2,1-5H3. The predicted molar refractivity (Wildman–Crippen MR) is 131 cm³/mol. The van der Waals surface area contributed by atoms with Crippen molar-refractivity contribution < 1.29 is 31.5 Å². The summed E-state index contributed by atoms with van der Waals surface area (Å²) in [6, 6.07) is 6.21. The number of ether oxygens (including phenoxy) is 2. The highest BCUT2D eigenvalue weighted by atomic mass is 32.2. The molecule has 2 aromatic heterocycles. The molecule has 3 aromatic rings. The number of carbonyl (C=O) groups excluding carboxylic acids is 1. The molecule has 37 heavy (non-hydrogen) atoms. The first-order valence-corrected chi connectivity index (χ1v) is 13.3. The highest BCUT2D eigenvalue weighted by Crippen LogP contribution is 2.33. The average molecular weight is 539 g/mol. The van der Waals surface area contributed by atoms with Crippen molar-refractivity contribution in [2.45, 2.75) is 38.0 Å². The van der Waals surface area contributed by atoms with Gasteiger partial charge in [0.05, 0.1) is 12.6 Å². The lowest BCUT2D eigenvalue weighted by atomic mass is 10.2. The minimum Gasteiger partial charge on any atom is -0.494 e. The van der Waals surface area contributed by atoms with Crippen LogP contribution < -0.4 is 9.64 Å². The van der Waals surface area contributed by atoms with Crippen LogP contribution in [0.25, 0.3) is 16.9 Å². The van der Waals surface area contributed by atoms with Crippen LogP contribution in [0.1, 0.15) is 33.0 Å². The van der Waals surface area contributed by atoms with Crippen molar-refractivity contribution in [3.63, 3.8) is 0 Å². The van der Waals surface area contributed by atoms with Crippen LogP contribution in [0, 0.1) is 0 Å². The number of benzene rings is 1. The summed E-state index contributed by atoms with van der Waals surface area (Å²) >= 11 is 0. The fourth-order valence-corrected chi connectivity index (χ4v) is 4.45. The van der Waals surface area contributed by atoms with Crippen molar-refractivity contribution in [3.8, 4) is 11.6 Å². The van der Waals surface area contributed by atoms with Crippen molar-refractivity contribution in [2.75, 3.05) is 44.4 Å². The number of halogens is 2. The van der Waals surface area contributed by atoms with Crippen LogP contribution >= 0.6 is 0 Å². The Kier molecular flexibility index (Phi) is 6.97. The lowest BCUT2D eigenvalue weighted by molar-refractivity contribution is 0.0240. The van der Waals surface area contributed by atoms with Gasteiger partial charge in [0, 0.05) is 38.5 Å². The second kappa shape index (κ2) is 9.72. The molecule has 1 amide bonds. The number of para-hydroxylation sites is 1. The SMILES string of the molecule is COc1cccc2c1nc(C(F)F)n2-c1cc(N2CCN(C(=O)OC(C)(C)C)CC2)nc(S(C)(=O)=O)n1. The van der Waals surface area contributed by atoms with Gasteiger partial charge in [-0.3, -0.25) is 4.57 Å². The van der Waals surface area contributed by atoms with Crippen molar-refractivity contribution in [1.82, 2.24) is 24.4 Å². The third kappa shape index (κ3) is 5.58. The van der Waals surface area contributed by atoms with Crippen LogP contribution in [0.3, 0.4) is 0 Å². The van der Waals surface area contributed by atoms with E-state index in [0.29, 0.717) is 26.2 Å². The molecule has 1 aromatic carbocycles. The van der Waals surface area contributed by atoms with E-state index in [1.54, 1.807) is 48.8 Å². The Morgan fingerprint density at radius 2 is 1.70 bits per heavy atom. The first kappa shape index (κ1) is 26.5. The van der Waals surface area contributed by atoms with E-state index in [-0.39, 0.29) is 28.4 Å². The molecule has 0 saturated carbocycles. The number of hydrogen-bond donors (Lipinski definition) is 0. The second-order valence-corrected chi connectivity index (χ2v) is 11.4. The van der Waals surface area contributed by atoms with Crippen LogP contribution in [-0.2, 0) is 14.6 Å². The van der Waals surface area contributed by atoms with Crippen LogP contribution in [0.5, 0.6) is 5.75 Å². The Morgan fingerprint density at radius 3 is 2.27 bits per heavy atom. The molecule has 1 aliphatic rings. The molecular weight excluding hydrogens is 510 g/mol. The molecule has 0 aliphatic carbocycles. The number of imidazole rings is 1. The minimum absolute atomic E-state index is 0.0777. The monoisotopic (exact) mass is 538 g/mol. The number of methoxy groups -OCH3 is 1. The Labute approximate surface area is 212 Å². The smallest absolute Gasteiger partial charge is 0.410 e. The summed E-state index contributed by atoms with van der Waals surface area (Å²) in [5.41, 5.74) is -0.181. The molecule has 4 rings (SSSR count). The summed E-state index contributed by atoms with van der Waals surface area (Å²) in [6.07, 6.45) is -2.48. The molecule has 200 valence electrons. The summed E-state index contributed by atoms with van der Waals surface area (Å²) in [4.78, 5) is 28.1. The van der Waals surface area contributed by atoms with Gasteiger partial charge in [-0.15, -0.1) is 0 Å². The van der Waals surface area contributed by atoms with Gasteiger partial charge in [0.1, 0.15) is 28.5 Å². The summed E-state index contributed by atoms with van der Waals surface area (Å²) < 4.78 is 64.8. The molecular formula is C23H28F2N6O5S. The number of piperazine rings is 1. The maximum Gasteiger partial charge on any atom is 0.410 e. The Balaban J connectivity index is 1.76. The first-order valence-electron chi connectivity index (χ1n) is 11.4. The number of sulfone groups is 1. The van der Waals surface area contributed by atoms with E-state index in [9.17, 15) is 22.0 Å². The van der Waals surface area contributed by atoms with Gasteiger partial charge >= 0.3 is 6.09 Å². The van der Waals surface area contributed by atoms with E-state index >= 15 is 0 Å². The molecule has 0 spiro atoms. The van der Waals surface area contributed by atoms with E-state index in [0.717, 1.165) is 10.8 Å². The highest BCUT2D eigenvalue weighted by Gasteiger charge is 2.29. The molecule has 3 heterocycles. The second-order valence-electron chi connectivity index (χ2n) is 9.53. The fourth-order valence-electron chi connectivity index (χ4n) is 3.93. The van der Waals surface area contributed by atoms with Crippen LogP contribution in [0.2, 0.25) is 0 Å². The number of rotatable bonds is 5. The number of hydrogen-bond acceptors (Lipinski definition) is 9. The fraction of sp³-hybridized carbons (Fsp3) is 0.478. The van der Waals surface area contributed by atoms with Crippen LogP contribution in [0.4, 0.5) is 19.4 Å². The number of anilines is 1. The first-order chi connectivity index (χ1) is 17.3. The molecule has 11 nitrogen and oxygen atoms in total. The van der Waals surface area contributed by atoms with Gasteiger partial charge in [0.2, 0.25) is 9.84 Å². The van der Waals surface area contributed by atoms with Gasteiger partial charge < -0.3 is 19.3 Å². The van der Waals surface area contributed by atoms with E-state index < -0.39 is 38.9 Å². The molecule has 1 fully saturated rings. The maximum atomic E-state index is 14.1. The third-order valence-electron chi connectivity index (χ3n) is 5.58. The maximum absolute atomic E-state index is 14.1. The summed E-state index contributed by atoms with van der Waals surface area (Å²) in [6.45, 7) is 6.57. The van der Waals surface area contributed by atoms with Crippen molar-refractivity contribution in [1.29, 1.82) is 0 Å². The molecule has 0 bridgehead atoms. The summed E-state index contributed by atoms with van der Waals surface area (Å²) in [5, 5.41) is -0.514.